The first-order valence-electron chi connectivity index (χ1n) is 9.99. The van der Waals surface area contributed by atoms with E-state index in [9.17, 15) is 14.9 Å². The molecule has 2 aromatic rings. The van der Waals surface area contributed by atoms with E-state index in [0.29, 0.717) is 55.7 Å². The average Bonchev–Trinajstić information content (AvgIpc) is 2.79. The molecule has 0 radical (unpaired) electrons. The molecule has 0 aliphatic carbocycles. The predicted octanol–water partition coefficient (Wildman–Crippen LogP) is 3.14. The highest BCUT2D eigenvalue weighted by molar-refractivity contribution is 5.95. The topological polar surface area (TPSA) is 98.0 Å². The van der Waals surface area contributed by atoms with Gasteiger partial charge in [0, 0.05) is 37.8 Å². The minimum absolute atomic E-state index is 0.0383. The number of ether oxygens (including phenoxy) is 2. The first-order chi connectivity index (χ1) is 14.5. The number of benzene rings is 1. The second-order valence-corrected chi connectivity index (χ2v) is 6.98. The molecule has 3 rings (SSSR count). The van der Waals surface area contributed by atoms with Crippen molar-refractivity contribution in [2.24, 2.45) is 0 Å². The number of rotatable bonds is 8. The molecule has 0 spiro atoms. The van der Waals surface area contributed by atoms with Gasteiger partial charge in [-0.2, -0.15) is 0 Å². The number of unbranched alkanes of at least 4 members (excludes halogenated alkanes) is 1. The SMILES string of the molecule is CCCCOc1ccc(C(=O)N2CCN(c3ccc([N+](=O)[O-])cn3)CC2)cc1OC. The molecule has 1 aromatic heterocycles. The Balaban J connectivity index is 1.61. The standard InChI is InChI=1S/C21H26N4O5/c1-3-4-13-30-18-7-5-16(14-19(18)29-2)21(26)24-11-9-23(10-12-24)20-8-6-17(15-22-20)25(27)28/h5-8,14-15H,3-4,9-13H2,1-2H3. The second-order valence-electron chi connectivity index (χ2n) is 6.98. The van der Waals surface area contributed by atoms with Crippen molar-refractivity contribution in [3.05, 3.63) is 52.2 Å². The average molecular weight is 414 g/mol. The molecule has 0 unspecified atom stereocenters. The van der Waals surface area contributed by atoms with Crippen LogP contribution in [0, 0.1) is 10.1 Å². The molecule has 0 bridgehead atoms. The van der Waals surface area contributed by atoms with Crippen LogP contribution in [0.2, 0.25) is 0 Å². The van der Waals surface area contributed by atoms with E-state index in [4.69, 9.17) is 9.47 Å². The zero-order chi connectivity index (χ0) is 21.5. The molecule has 2 heterocycles. The van der Waals surface area contributed by atoms with Gasteiger partial charge in [0.2, 0.25) is 0 Å². The fourth-order valence-corrected chi connectivity index (χ4v) is 3.24. The molecule has 9 nitrogen and oxygen atoms in total. The Hall–Kier alpha value is -3.36. The van der Waals surface area contributed by atoms with Crippen molar-refractivity contribution in [1.29, 1.82) is 0 Å². The first-order valence-corrected chi connectivity index (χ1v) is 9.99. The van der Waals surface area contributed by atoms with Crippen molar-refractivity contribution in [2.45, 2.75) is 19.8 Å². The molecule has 1 fully saturated rings. The molecule has 1 aromatic carbocycles. The predicted molar refractivity (Wildman–Crippen MR) is 112 cm³/mol. The van der Waals surface area contributed by atoms with E-state index >= 15 is 0 Å². The van der Waals surface area contributed by atoms with E-state index < -0.39 is 4.92 Å². The van der Waals surface area contributed by atoms with Crippen molar-refractivity contribution < 1.29 is 19.2 Å². The number of amides is 1. The summed E-state index contributed by atoms with van der Waals surface area (Å²) in [5, 5.41) is 10.8. The third kappa shape index (κ3) is 4.97. The van der Waals surface area contributed by atoms with E-state index in [0.717, 1.165) is 12.8 Å². The minimum Gasteiger partial charge on any atom is -0.493 e. The van der Waals surface area contributed by atoms with Gasteiger partial charge in [0.1, 0.15) is 12.0 Å². The summed E-state index contributed by atoms with van der Waals surface area (Å²) in [5.74, 6) is 1.79. The number of piperazine rings is 1. The van der Waals surface area contributed by atoms with E-state index in [1.54, 1.807) is 36.3 Å². The highest BCUT2D eigenvalue weighted by Crippen LogP contribution is 2.29. The smallest absolute Gasteiger partial charge is 0.287 e. The van der Waals surface area contributed by atoms with Gasteiger partial charge in [-0.15, -0.1) is 0 Å². The molecule has 1 aliphatic rings. The summed E-state index contributed by atoms with van der Waals surface area (Å²) in [4.78, 5) is 31.2. The summed E-state index contributed by atoms with van der Waals surface area (Å²) in [6, 6.07) is 8.33. The molecule has 0 N–H and O–H groups in total. The lowest BCUT2D eigenvalue weighted by molar-refractivity contribution is -0.385. The third-order valence-electron chi connectivity index (χ3n) is 5.00. The van der Waals surface area contributed by atoms with Crippen molar-refractivity contribution in [3.8, 4) is 11.5 Å². The largest absolute Gasteiger partial charge is 0.493 e. The Bertz CT molecular complexity index is 879. The Kier molecular flexibility index (Phi) is 7.05. The number of carbonyl (C=O) groups is 1. The number of hydrogen-bond acceptors (Lipinski definition) is 7. The number of anilines is 1. The Morgan fingerprint density at radius 2 is 1.93 bits per heavy atom. The number of pyridine rings is 1. The van der Waals surface area contributed by atoms with Gasteiger partial charge in [-0.25, -0.2) is 4.98 Å². The molecule has 9 heteroatoms. The van der Waals surface area contributed by atoms with Crippen molar-refractivity contribution in [1.82, 2.24) is 9.88 Å². The summed E-state index contributed by atoms with van der Waals surface area (Å²) >= 11 is 0. The summed E-state index contributed by atoms with van der Waals surface area (Å²) in [6.07, 6.45) is 3.25. The normalized spacial score (nSPS) is 13.8. The van der Waals surface area contributed by atoms with Crippen molar-refractivity contribution in [2.75, 3.05) is 44.8 Å². The van der Waals surface area contributed by atoms with Crippen LogP contribution in [-0.2, 0) is 0 Å². The molecule has 1 saturated heterocycles. The maximum absolute atomic E-state index is 12.9. The molecular weight excluding hydrogens is 388 g/mol. The van der Waals surface area contributed by atoms with Crippen LogP contribution < -0.4 is 14.4 Å². The van der Waals surface area contributed by atoms with Crippen LogP contribution in [0.4, 0.5) is 11.5 Å². The number of methoxy groups -OCH3 is 1. The Morgan fingerprint density at radius 3 is 2.53 bits per heavy atom. The summed E-state index contributed by atoms with van der Waals surface area (Å²) < 4.78 is 11.1. The van der Waals surface area contributed by atoms with Gasteiger partial charge in [-0.1, -0.05) is 13.3 Å². The monoisotopic (exact) mass is 414 g/mol. The van der Waals surface area contributed by atoms with Gasteiger partial charge in [0.15, 0.2) is 11.5 Å². The quantitative estimate of drug-likeness (QED) is 0.372. The fraction of sp³-hybridized carbons (Fsp3) is 0.429. The molecule has 30 heavy (non-hydrogen) atoms. The van der Waals surface area contributed by atoms with Gasteiger partial charge in [0.25, 0.3) is 11.6 Å². The number of nitrogens with zero attached hydrogens (tertiary/aromatic N) is 4. The maximum Gasteiger partial charge on any atom is 0.287 e. The number of nitro groups is 1. The highest BCUT2D eigenvalue weighted by Gasteiger charge is 2.24. The van der Waals surface area contributed by atoms with Crippen LogP contribution in [0.5, 0.6) is 11.5 Å². The van der Waals surface area contributed by atoms with Crippen LogP contribution in [0.15, 0.2) is 36.5 Å². The van der Waals surface area contributed by atoms with Gasteiger partial charge in [-0.3, -0.25) is 14.9 Å². The summed E-state index contributed by atoms with van der Waals surface area (Å²) in [6.45, 7) is 4.99. The molecule has 0 atom stereocenters. The van der Waals surface area contributed by atoms with Gasteiger partial charge >= 0.3 is 0 Å². The first kappa shape index (κ1) is 21.4. The van der Waals surface area contributed by atoms with E-state index in [-0.39, 0.29) is 11.6 Å². The van der Waals surface area contributed by atoms with E-state index in [1.807, 2.05) is 4.90 Å². The van der Waals surface area contributed by atoms with Crippen molar-refractivity contribution >= 4 is 17.4 Å². The van der Waals surface area contributed by atoms with Crippen LogP contribution in [0.1, 0.15) is 30.1 Å². The van der Waals surface area contributed by atoms with Crippen LogP contribution in [0.25, 0.3) is 0 Å². The van der Waals surface area contributed by atoms with Crippen LogP contribution in [-0.4, -0.2) is 60.6 Å². The number of aromatic nitrogens is 1. The zero-order valence-corrected chi connectivity index (χ0v) is 17.2. The summed E-state index contributed by atoms with van der Waals surface area (Å²) in [5.41, 5.74) is 0.514. The van der Waals surface area contributed by atoms with Crippen molar-refractivity contribution in [3.63, 3.8) is 0 Å². The highest BCUT2D eigenvalue weighted by atomic mass is 16.6. The minimum atomic E-state index is -0.470. The van der Waals surface area contributed by atoms with E-state index in [1.165, 1.54) is 12.3 Å². The third-order valence-corrected chi connectivity index (χ3v) is 5.00. The number of carbonyl (C=O) groups excluding carboxylic acids is 1. The summed E-state index contributed by atoms with van der Waals surface area (Å²) in [7, 11) is 1.56. The maximum atomic E-state index is 12.9. The molecular formula is C21H26N4O5. The lowest BCUT2D eigenvalue weighted by Gasteiger charge is -2.35. The lowest BCUT2D eigenvalue weighted by atomic mass is 10.1. The van der Waals surface area contributed by atoms with Gasteiger partial charge < -0.3 is 19.3 Å². The molecule has 1 aliphatic heterocycles. The fourth-order valence-electron chi connectivity index (χ4n) is 3.24. The van der Waals surface area contributed by atoms with E-state index in [2.05, 4.69) is 11.9 Å². The molecule has 160 valence electrons. The Morgan fingerprint density at radius 1 is 1.17 bits per heavy atom. The molecule has 1 amide bonds. The second kappa shape index (κ2) is 9.91. The van der Waals surface area contributed by atoms with Gasteiger partial charge in [-0.05, 0) is 30.7 Å². The molecule has 0 saturated carbocycles. The lowest BCUT2D eigenvalue weighted by Crippen LogP contribution is -2.49. The van der Waals surface area contributed by atoms with Crippen LogP contribution in [0.3, 0.4) is 0 Å². The number of hydrogen-bond donors (Lipinski definition) is 0. The Labute approximate surface area is 175 Å². The van der Waals surface area contributed by atoms with Crippen LogP contribution >= 0.6 is 0 Å². The van der Waals surface area contributed by atoms with Gasteiger partial charge in [0.05, 0.1) is 18.6 Å². The zero-order valence-electron chi connectivity index (χ0n) is 17.2.